The summed E-state index contributed by atoms with van der Waals surface area (Å²) >= 11 is 0. The molecule has 0 aromatic heterocycles. The van der Waals surface area contributed by atoms with E-state index in [-0.39, 0.29) is 70.0 Å². The van der Waals surface area contributed by atoms with Crippen molar-refractivity contribution >= 4 is 10.4 Å². The molecule has 0 amide bonds. The average molecular weight is 354 g/mol. The molecule has 0 aromatic carbocycles. The number of rotatable bonds is 0. The molecule has 2 N–H and O–H groups in total. The van der Waals surface area contributed by atoms with Crippen LogP contribution in [0.3, 0.4) is 0 Å². The van der Waals surface area contributed by atoms with Crippen LogP contribution in [0.4, 0.5) is 0 Å². The van der Waals surface area contributed by atoms with E-state index in [9.17, 15) is 0 Å². The molecule has 0 heterocycles. The SMILES string of the molecule is O=S(=O)(O)O.[Er].[Y]. The molecule has 0 unspecified atom stereocenters. The van der Waals surface area contributed by atoms with E-state index in [1.165, 1.54) is 0 Å². The van der Waals surface area contributed by atoms with Crippen LogP contribution in [-0.2, 0) is 43.1 Å². The van der Waals surface area contributed by atoms with Crippen molar-refractivity contribution in [1.29, 1.82) is 0 Å². The van der Waals surface area contributed by atoms with Gasteiger partial charge < -0.3 is 0 Å². The van der Waals surface area contributed by atoms with Gasteiger partial charge in [-0.2, -0.15) is 8.42 Å². The molecule has 0 aromatic rings. The molecular weight excluding hydrogens is 352 g/mol. The van der Waals surface area contributed by atoms with Crippen LogP contribution in [0.15, 0.2) is 0 Å². The summed E-state index contributed by atoms with van der Waals surface area (Å²) in [6.45, 7) is 0. The maximum absolute atomic E-state index is 8.74. The minimum atomic E-state index is -4.67. The van der Waals surface area contributed by atoms with Gasteiger partial charge in [0.2, 0.25) is 0 Å². The van der Waals surface area contributed by atoms with Gasteiger partial charge in [-0.1, -0.05) is 0 Å². The normalized spacial score (nSPS) is 8.29. The fourth-order valence-electron chi connectivity index (χ4n) is 0. The van der Waals surface area contributed by atoms with E-state index < -0.39 is 10.4 Å². The van der Waals surface area contributed by atoms with E-state index >= 15 is 0 Å². The molecule has 0 bridgehead atoms. The second kappa shape index (κ2) is 6.34. The third-order valence-corrected chi connectivity index (χ3v) is 0. The Hall–Kier alpha value is 2.22. The molecule has 0 saturated carbocycles. The summed E-state index contributed by atoms with van der Waals surface area (Å²) < 4.78 is 31.6. The molecule has 0 spiro atoms. The predicted molar refractivity (Wildman–Crippen MR) is 14.2 cm³/mol. The van der Waals surface area contributed by atoms with Crippen LogP contribution in [0.25, 0.3) is 0 Å². The zero-order valence-corrected chi connectivity index (χ0v) is 8.49. The van der Waals surface area contributed by atoms with Gasteiger partial charge >= 0.3 is 10.4 Å². The fourth-order valence-corrected chi connectivity index (χ4v) is 0. The number of hydrogen-bond acceptors (Lipinski definition) is 2. The van der Waals surface area contributed by atoms with E-state index in [1.54, 1.807) is 0 Å². The molecule has 0 rings (SSSR count). The largest absolute Gasteiger partial charge is 0.394 e. The van der Waals surface area contributed by atoms with Gasteiger partial charge in [-0.05, 0) is 0 Å². The molecule has 0 aliphatic rings. The molecule has 0 aliphatic heterocycles. The summed E-state index contributed by atoms with van der Waals surface area (Å²) in [7, 11) is -4.67. The van der Waals surface area contributed by atoms with Crippen LogP contribution < -0.4 is 0 Å². The first-order chi connectivity index (χ1) is 2.00. The van der Waals surface area contributed by atoms with E-state index in [4.69, 9.17) is 17.5 Å². The first-order valence-electron chi connectivity index (χ1n) is 0.698. The standard InChI is InChI=1S/Er.H2O4S.Y/c;1-5(2,3)4;/h;(H2,1,2,3,4);. The number of hydrogen-bond donors (Lipinski definition) is 2. The third kappa shape index (κ3) is 64.5. The Kier molecular flexibility index (Phi) is 14.6. The Morgan fingerprint density at radius 3 is 1.14 bits per heavy atom. The maximum atomic E-state index is 8.74. The van der Waals surface area contributed by atoms with E-state index in [0.29, 0.717) is 0 Å². The van der Waals surface area contributed by atoms with Crippen molar-refractivity contribution < 1.29 is 87.5 Å². The van der Waals surface area contributed by atoms with Crippen molar-refractivity contribution in [1.82, 2.24) is 0 Å². The van der Waals surface area contributed by atoms with Gasteiger partial charge in [-0.15, -0.1) is 0 Å². The summed E-state index contributed by atoms with van der Waals surface area (Å²) in [6.07, 6.45) is 0. The average Bonchev–Trinajstić information content (AvgIpc) is 0.722. The van der Waals surface area contributed by atoms with Gasteiger partial charge in [0.05, 0.1) is 0 Å². The van der Waals surface area contributed by atoms with E-state index in [0.717, 1.165) is 0 Å². The van der Waals surface area contributed by atoms with Gasteiger partial charge in [0.25, 0.3) is 0 Å². The summed E-state index contributed by atoms with van der Waals surface area (Å²) in [5.74, 6) is 0. The third-order valence-electron chi connectivity index (χ3n) is 0. The smallest absolute Gasteiger partial charge is 0.264 e. The molecule has 0 atom stereocenters. The molecule has 0 aliphatic carbocycles. The maximum Gasteiger partial charge on any atom is 0.394 e. The summed E-state index contributed by atoms with van der Waals surface area (Å²) in [6, 6.07) is 0. The van der Waals surface area contributed by atoms with Crippen molar-refractivity contribution in [2.75, 3.05) is 0 Å². The zero-order valence-electron chi connectivity index (χ0n) is 2.99. The van der Waals surface area contributed by atoms with Crippen LogP contribution in [0.1, 0.15) is 0 Å². The Morgan fingerprint density at radius 2 is 1.14 bits per heavy atom. The van der Waals surface area contributed by atoms with Crippen LogP contribution in [0.2, 0.25) is 0 Å². The molecular formula is H2ErO4SY. The Balaban J connectivity index is -0.0000000800. The first kappa shape index (κ1) is 16.1. The van der Waals surface area contributed by atoms with Crippen molar-refractivity contribution in [3.8, 4) is 0 Å². The van der Waals surface area contributed by atoms with Crippen molar-refractivity contribution in [2.45, 2.75) is 0 Å². The quantitative estimate of drug-likeness (QED) is 0.567. The molecule has 47 valence electrons. The molecule has 7 heteroatoms. The molecule has 0 fully saturated rings. The van der Waals surface area contributed by atoms with Gasteiger partial charge in [0.15, 0.2) is 0 Å². The van der Waals surface area contributed by atoms with E-state index in [2.05, 4.69) is 0 Å². The second-order valence-electron chi connectivity index (χ2n) is 0.448. The first-order valence-corrected chi connectivity index (χ1v) is 2.10. The zero-order chi connectivity index (χ0) is 4.50. The minimum Gasteiger partial charge on any atom is -0.264 e. The molecule has 4 nitrogen and oxygen atoms in total. The van der Waals surface area contributed by atoms with Crippen LogP contribution in [-0.4, -0.2) is 17.5 Å². The van der Waals surface area contributed by atoms with E-state index in [1.807, 2.05) is 0 Å². The van der Waals surface area contributed by atoms with Crippen LogP contribution in [0, 0.1) is 37.3 Å². The van der Waals surface area contributed by atoms with Gasteiger partial charge in [-0.25, -0.2) is 0 Å². The Bertz CT molecular complexity index is 94.9. The van der Waals surface area contributed by atoms with Crippen molar-refractivity contribution in [3.05, 3.63) is 0 Å². The van der Waals surface area contributed by atoms with Crippen LogP contribution >= 0.6 is 0 Å². The van der Waals surface area contributed by atoms with Gasteiger partial charge in [0, 0.05) is 70.0 Å². The van der Waals surface area contributed by atoms with Crippen molar-refractivity contribution in [3.63, 3.8) is 0 Å². The Morgan fingerprint density at radius 1 is 1.14 bits per heavy atom. The second-order valence-corrected chi connectivity index (χ2v) is 1.34. The molecule has 0 saturated heterocycles. The monoisotopic (exact) mass is 353 g/mol. The molecule has 7 heavy (non-hydrogen) atoms. The minimum absolute atomic E-state index is 0. The Labute approximate surface area is 96.1 Å². The topological polar surface area (TPSA) is 74.6 Å². The summed E-state index contributed by atoms with van der Waals surface area (Å²) in [5.41, 5.74) is 0. The van der Waals surface area contributed by atoms with Crippen molar-refractivity contribution in [2.24, 2.45) is 0 Å². The summed E-state index contributed by atoms with van der Waals surface area (Å²) in [4.78, 5) is 0. The predicted octanol–water partition coefficient (Wildman–Crippen LogP) is -0.655. The van der Waals surface area contributed by atoms with Crippen LogP contribution in [0.5, 0.6) is 0 Å². The molecule has 1 radical (unpaired) electrons. The fraction of sp³-hybridized carbons (Fsp3) is 0. The van der Waals surface area contributed by atoms with Gasteiger partial charge in [0.1, 0.15) is 0 Å². The van der Waals surface area contributed by atoms with Gasteiger partial charge in [-0.3, -0.25) is 9.11 Å². The summed E-state index contributed by atoms with van der Waals surface area (Å²) in [5, 5.41) is 0.